The fraction of sp³-hybridized carbons (Fsp3) is 0.480. The lowest BCUT2D eigenvalue weighted by Gasteiger charge is -2.32. The Morgan fingerprint density at radius 1 is 1.18 bits per heavy atom. The third-order valence-electron chi connectivity index (χ3n) is 7.27. The minimum Gasteiger partial charge on any atom is -0.435 e. The minimum absolute atomic E-state index is 0.248. The van der Waals surface area contributed by atoms with E-state index in [4.69, 9.17) is 30.3 Å². The third kappa shape index (κ3) is 4.11. The topological polar surface area (TPSA) is 68.0 Å². The number of oxazole rings is 1. The summed E-state index contributed by atoms with van der Waals surface area (Å²) in [5.41, 5.74) is 4.41. The monoisotopic (exact) mass is 468 g/mol. The maximum atomic E-state index is 9.80. The van der Waals surface area contributed by atoms with E-state index in [1.165, 1.54) is 0 Å². The Bertz CT molecular complexity index is 1190. The number of fused-ring (bicyclic) bond motifs is 1. The van der Waals surface area contributed by atoms with E-state index in [0.29, 0.717) is 23.0 Å². The number of aromatic nitrogens is 1. The molecule has 0 spiro atoms. The number of rotatable bonds is 4. The molecule has 5 rings (SSSR count). The second kappa shape index (κ2) is 8.10. The van der Waals surface area contributed by atoms with Gasteiger partial charge in [-0.3, -0.25) is 4.90 Å². The van der Waals surface area contributed by atoms with Crippen LogP contribution in [0.3, 0.4) is 0 Å². The van der Waals surface area contributed by atoms with Crippen LogP contribution in [0.15, 0.2) is 34.7 Å². The smallest absolute Gasteiger partial charge is 0.435 e. The number of β-amino-alcohol motifs (C(OH)–C–C–N with tert-alkyl or cyclic N) is 1. The van der Waals surface area contributed by atoms with E-state index in [0.717, 1.165) is 47.2 Å². The number of hydrogen-bond acceptors (Lipinski definition) is 6. The van der Waals surface area contributed by atoms with Crippen molar-refractivity contribution in [1.82, 2.24) is 9.88 Å². The van der Waals surface area contributed by atoms with Gasteiger partial charge in [0.2, 0.25) is 5.89 Å². The van der Waals surface area contributed by atoms with Gasteiger partial charge in [-0.25, -0.2) is 4.98 Å². The molecule has 1 atom stereocenters. The van der Waals surface area contributed by atoms with Gasteiger partial charge in [0.05, 0.1) is 22.3 Å². The summed E-state index contributed by atoms with van der Waals surface area (Å²) in [5.74, 6) is 0.525. The second-order valence-electron chi connectivity index (χ2n) is 10.2. The number of likely N-dealkylation sites (tertiary alicyclic amines) is 1. The van der Waals surface area contributed by atoms with Gasteiger partial charge in [-0.15, -0.1) is 0 Å². The van der Waals surface area contributed by atoms with Crippen molar-refractivity contribution in [2.24, 2.45) is 0 Å². The zero-order valence-corrected chi connectivity index (χ0v) is 20.6. The predicted octanol–water partition coefficient (Wildman–Crippen LogP) is 4.32. The van der Waals surface area contributed by atoms with Gasteiger partial charge in [-0.1, -0.05) is 23.7 Å². The van der Waals surface area contributed by atoms with Crippen LogP contribution in [-0.4, -0.2) is 52.5 Å². The van der Waals surface area contributed by atoms with Gasteiger partial charge in [0.1, 0.15) is 5.52 Å². The summed E-state index contributed by atoms with van der Waals surface area (Å²) in [4.78, 5) is 7.00. The zero-order valence-electron chi connectivity index (χ0n) is 19.8. The van der Waals surface area contributed by atoms with Crippen molar-refractivity contribution in [3.05, 3.63) is 46.5 Å². The molecule has 2 saturated heterocycles. The fourth-order valence-corrected chi connectivity index (χ4v) is 4.85. The summed E-state index contributed by atoms with van der Waals surface area (Å²) in [6, 6.07) is 9.95. The maximum Gasteiger partial charge on any atom is 0.495 e. The number of halogens is 1. The quantitative estimate of drug-likeness (QED) is 0.575. The summed E-state index contributed by atoms with van der Waals surface area (Å²) < 4.78 is 18.7. The minimum atomic E-state index is -0.453. The maximum absolute atomic E-state index is 9.80. The summed E-state index contributed by atoms with van der Waals surface area (Å²) >= 11 is 6.57. The molecule has 0 radical (unpaired) electrons. The van der Waals surface area contributed by atoms with Crippen LogP contribution >= 0.6 is 11.6 Å². The Kier molecular flexibility index (Phi) is 5.62. The molecular weight excluding hydrogens is 439 g/mol. The van der Waals surface area contributed by atoms with Gasteiger partial charge < -0.3 is 18.8 Å². The summed E-state index contributed by atoms with van der Waals surface area (Å²) in [5, 5.41) is 10.3. The molecule has 2 aromatic carbocycles. The average molecular weight is 469 g/mol. The van der Waals surface area contributed by atoms with Crippen molar-refractivity contribution in [2.75, 3.05) is 13.1 Å². The molecule has 1 N–H and O–H groups in total. The lowest BCUT2D eigenvalue weighted by Crippen LogP contribution is -2.41. The molecule has 1 aromatic heterocycles. The van der Waals surface area contributed by atoms with Gasteiger partial charge in [0.15, 0.2) is 5.58 Å². The van der Waals surface area contributed by atoms with Crippen molar-refractivity contribution in [3.8, 4) is 11.5 Å². The van der Waals surface area contributed by atoms with Crippen molar-refractivity contribution in [1.29, 1.82) is 0 Å². The molecule has 2 aliphatic heterocycles. The van der Waals surface area contributed by atoms with E-state index in [2.05, 4.69) is 32.6 Å². The number of hydrogen-bond donors (Lipinski definition) is 1. The molecule has 0 aliphatic carbocycles. The predicted molar refractivity (Wildman–Crippen MR) is 131 cm³/mol. The van der Waals surface area contributed by atoms with Crippen molar-refractivity contribution in [3.63, 3.8) is 0 Å². The van der Waals surface area contributed by atoms with Crippen LogP contribution in [0.25, 0.3) is 22.6 Å². The molecule has 0 amide bonds. The first-order valence-corrected chi connectivity index (χ1v) is 11.9. The molecule has 2 aliphatic rings. The average Bonchev–Trinajstić information content (AvgIpc) is 3.38. The standard InChI is InChI=1S/C25H30BClN2O4/c1-15-18(7-6-8-19(15)26-32-24(2,3)25(4,5)33-26)23-28-21-12-16(11-20(27)22(21)31-23)13-29-10-9-17(30)14-29/h6-8,11-12,17,30H,9-10,13-14H2,1-5H3. The number of aliphatic hydroxyl groups is 1. The first kappa shape index (κ1) is 22.9. The normalized spacial score (nSPS) is 22.5. The summed E-state index contributed by atoms with van der Waals surface area (Å²) in [7, 11) is -0.453. The Morgan fingerprint density at radius 3 is 2.58 bits per heavy atom. The van der Waals surface area contributed by atoms with Gasteiger partial charge >= 0.3 is 7.12 Å². The summed E-state index contributed by atoms with van der Waals surface area (Å²) in [6.45, 7) is 12.5. The van der Waals surface area contributed by atoms with Gasteiger partial charge in [0.25, 0.3) is 0 Å². The molecule has 3 heterocycles. The van der Waals surface area contributed by atoms with Crippen LogP contribution in [0.5, 0.6) is 0 Å². The lowest BCUT2D eigenvalue weighted by atomic mass is 9.75. The van der Waals surface area contributed by atoms with E-state index in [9.17, 15) is 5.11 Å². The van der Waals surface area contributed by atoms with E-state index >= 15 is 0 Å². The Morgan fingerprint density at radius 2 is 1.91 bits per heavy atom. The second-order valence-corrected chi connectivity index (χ2v) is 10.6. The van der Waals surface area contributed by atoms with E-state index in [1.54, 1.807) is 0 Å². The highest BCUT2D eigenvalue weighted by Crippen LogP contribution is 2.37. The van der Waals surface area contributed by atoms with E-state index in [-0.39, 0.29) is 6.10 Å². The third-order valence-corrected chi connectivity index (χ3v) is 7.55. The van der Waals surface area contributed by atoms with Crippen LogP contribution in [0.2, 0.25) is 5.02 Å². The highest BCUT2D eigenvalue weighted by molar-refractivity contribution is 6.62. The van der Waals surface area contributed by atoms with Crippen LogP contribution < -0.4 is 5.46 Å². The first-order valence-electron chi connectivity index (χ1n) is 11.5. The molecule has 33 heavy (non-hydrogen) atoms. The Balaban J connectivity index is 1.47. The van der Waals surface area contributed by atoms with Gasteiger partial charge in [-0.05, 0) is 75.8 Å². The van der Waals surface area contributed by atoms with E-state index in [1.807, 2.05) is 37.3 Å². The molecule has 1 unspecified atom stereocenters. The fourth-order valence-electron chi connectivity index (χ4n) is 4.58. The first-order chi connectivity index (χ1) is 15.5. The zero-order chi connectivity index (χ0) is 23.5. The van der Waals surface area contributed by atoms with E-state index < -0.39 is 18.3 Å². The van der Waals surface area contributed by atoms with Crippen LogP contribution in [0.4, 0.5) is 0 Å². The lowest BCUT2D eigenvalue weighted by molar-refractivity contribution is 0.00578. The van der Waals surface area contributed by atoms with Crippen LogP contribution in [0.1, 0.15) is 45.2 Å². The van der Waals surface area contributed by atoms with Crippen molar-refractivity contribution >= 4 is 35.3 Å². The summed E-state index contributed by atoms with van der Waals surface area (Å²) in [6.07, 6.45) is 0.560. The van der Waals surface area contributed by atoms with Gasteiger partial charge in [0, 0.05) is 25.2 Å². The van der Waals surface area contributed by atoms with Crippen molar-refractivity contribution < 1.29 is 18.8 Å². The Labute approximate surface area is 200 Å². The van der Waals surface area contributed by atoms with Crippen LogP contribution in [-0.2, 0) is 15.9 Å². The molecule has 3 aromatic rings. The molecular formula is C25H30BClN2O4. The molecule has 174 valence electrons. The van der Waals surface area contributed by atoms with Gasteiger partial charge in [-0.2, -0.15) is 0 Å². The molecule has 0 bridgehead atoms. The SMILES string of the molecule is Cc1c(B2OC(C)(C)C(C)(C)O2)cccc1-c1nc2cc(CN3CCC(O)C3)cc(Cl)c2o1. The van der Waals surface area contributed by atoms with Crippen LogP contribution in [0, 0.1) is 6.92 Å². The number of nitrogens with zero attached hydrogens (tertiary/aromatic N) is 2. The van der Waals surface area contributed by atoms with Crippen molar-refractivity contribution in [2.45, 2.75) is 64.9 Å². The molecule has 8 heteroatoms. The number of benzene rings is 2. The largest absolute Gasteiger partial charge is 0.495 e. The molecule has 6 nitrogen and oxygen atoms in total. The Hall–Kier alpha value is -1.90. The highest BCUT2D eigenvalue weighted by Gasteiger charge is 2.52. The number of aliphatic hydroxyl groups excluding tert-OH is 1. The molecule has 2 fully saturated rings. The highest BCUT2D eigenvalue weighted by atomic mass is 35.5. The molecule has 0 saturated carbocycles.